The Bertz CT molecular complexity index is 311. The summed E-state index contributed by atoms with van der Waals surface area (Å²) < 4.78 is 23.8. The topological polar surface area (TPSA) is 26.0 Å². The fraction of sp³-hybridized carbons (Fsp3) is 0.200. The van der Waals surface area contributed by atoms with Crippen molar-refractivity contribution >= 4 is 0 Å². The van der Waals surface area contributed by atoms with Crippen LogP contribution in [0.25, 0.3) is 0 Å². The van der Waals surface area contributed by atoms with E-state index in [4.69, 9.17) is 5.73 Å². The van der Waals surface area contributed by atoms with Crippen molar-refractivity contribution in [2.75, 3.05) is 0 Å². The number of halogens is 2. The Kier molecular flexibility index (Phi) is 3.41. The highest BCUT2D eigenvalue weighted by Crippen LogP contribution is 1.98. The van der Waals surface area contributed by atoms with Gasteiger partial charge in [-0.25, -0.2) is 8.78 Å². The van der Waals surface area contributed by atoms with E-state index in [1.54, 1.807) is 24.3 Å². The molecule has 1 unspecified atom stereocenters. The van der Waals surface area contributed by atoms with Crippen molar-refractivity contribution in [1.82, 2.24) is 0 Å². The predicted molar refractivity (Wildman–Crippen MR) is 47.3 cm³/mol. The first-order chi connectivity index (χ1) is 6.20. The van der Waals surface area contributed by atoms with Crippen molar-refractivity contribution in [3.63, 3.8) is 0 Å². The first-order valence-electron chi connectivity index (χ1n) is 3.80. The molecule has 0 amide bonds. The van der Waals surface area contributed by atoms with Crippen molar-refractivity contribution in [2.24, 2.45) is 5.73 Å². The normalized spacial score (nSPS) is 12.0. The van der Waals surface area contributed by atoms with Gasteiger partial charge in [-0.1, -0.05) is 30.0 Å². The molecule has 68 valence electrons. The summed E-state index contributed by atoms with van der Waals surface area (Å²) in [4.78, 5) is 0. The number of alkyl halides is 2. The fourth-order valence-electron chi connectivity index (χ4n) is 0.751. The monoisotopic (exact) mass is 181 g/mol. The summed E-state index contributed by atoms with van der Waals surface area (Å²) >= 11 is 0. The van der Waals surface area contributed by atoms with Crippen LogP contribution in [0.3, 0.4) is 0 Å². The maximum atomic E-state index is 11.9. The van der Waals surface area contributed by atoms with Crippen molar-refractivity contribution in [1.29, 1.82) is 0 Å². The summed E-state index contributed by atoms with van der Waals surface area (Å²) in [5.74, 6) is 4.85. The van der Waals surface area contributed by atoms with E-state index in [2.05, 4.69) is 11.8 Å². The van der Waals surface area contributed by atoms with Crippen LogP contribution < -0.4 is 5.73 Å². The molecule has 0 aliphatic heterocycles. The first kappa shape index (κ1) is 9.69. The van der Waals surface area contributed by atoms with E-state index in [9.17, 15) is 8.78 Å². The summed E-state index contributed by atoms with van der Waals surface area (Å²) in [6.45, 7) is 0. The SMILES string of the molecule is NC(C#Cc1ccccc1)C(F)F. The largest absolute Gasteiger partial charge is 0.313 e. The van der Waals surface area contributed by atoms with E-state index in [0.29, 0.717) is 5.56 Å². The molecule has 2 N–H and O–H groups in total. The zero-order chi connectivity index (χ0) is 9.68. The highest BCUT2D eigenvalue weighted by atomic mass is 19.3. The molecule has 0 bridgehead atoms. The van der Waals surface area contributed by atoms with E-state index in [-0.39, 0.29) is 0 Å². The predicted octanol–water partition coefficient (Wildman–Crippen LogP) is 1.63. The van der Waals surface area contributed by atoms with Gasteiger partial charge < -0.3 is 5.73 Å². The molecular weight excluding hydrogens is 172 g/mol. The third-order valence-corrected chi connectivity index (χ3v) is 1.43. The van der Waals surface area contributed by atoms with E-state index >= 15 is 0 Å². The lowest BCUT2D eigenvalue weighted by molar-refractivity contribution is 0.136. The zero-order valence-electron chi connectivity index (χ0n) is 6.87. The molecule has 1 nitrogen and oxygen atoms in total. The van der Waals surface area contributed by atoms with E-state index in [1.807, 2.05) is 6.07 Å². The molecule has 0 aliphatic carbocycles. The minimum atomic E-state index is -2.59. The van der Waals surface area contributed by atoms with Crippen LogP contribution >= 0.6 is 0 Å². The second-order valence-electron chi connectivity index (χ2n) is 2.50. The molecule has 0 saturated carbocycles. The highest BCUT2D eigenvalue weighted by molar-refractivity contribution is 5.34. The Labute approximate surface area is 75.6 Å². The smallest absolute Gasteiger partial charge is 0.264 e. The van der Waals surface area contributed by atoms with Gasteiger partial charge in [0.1, 0.15) is 6.04 Å². The first-order valence-corrected chi connectivity index (χ1v) is 3.80. The number of rotatable bonds is 1. The lowest BCUT2D eigenvalue weighted by Crippen LogP contribution is -2.26. The minimum Gasteiger partial charge on any atom is -0.313 e. The van der Waals surface area contributed by atoms with Gasteiger partial charge in [0.2, 0.25) is 0 Å². The molecule has 1 aromatic carbocycles. The summed E-state index contributed by atoms with van der Waals surface area (Å²) in [5, 5.41) is 0. The van der Waals surface area contributed by atoms with Gasteiger partial charge in [0.25, 0.3) is 6.43 Å². The standard InChI is InChI=1S/C10H9F2N/c11-10(12)9(13)7-6-8-4-2-1-3-5-8/h1-5,9-10H,13H2. The summed E-state index contributed by atoms with van der Waals surface area (Å²) in [5.41, 5.74) is 5.73. The number of benzene rings is 1. The second kappa shape index (κ2) is 4.58. The third-order valence-electron chi connectivity index (χ3n) is 1.43. The van der Waals surface area contributed by atoms with Gasteiger partial charge in [0.15, 0.2) is 0 Å². The molecule has 0 radical (unpaired) electrons. The molecular formula is C10H9F2N. The molecule has 1 aromatic rings. The third kappa shape index (κ3) is 3.22. The van der Waals surface area contributed by atoms with E-state index in [0.717, 1.165) is 0 Å². The Hall–Kier alpha value is -1.40. The van der Waals surface area contributed by atoms with Gasteiger partial charge >= 0.3 is 0 Å². The van der Waals surface area contributed by atoms with Crippen LogP contribution in [0.15, 0.2) is 30.3 Å². The van der Waals surface area contributed by atoms with Crippen molar-refractivity contribution in [3.05, 3.63) is 35.9 Å². The quantitative estimate of drug-likeness (QED) is 0.655. The van der Waals surface area contributed by atoms with Crippen LogP contribution in [0.4, 0.5) is 8.78 Å². The van der Waals surface area contributed by atoms with Crippen molar-refractivity contribution < 1.29 is 8.78 Å². The zero-order valence-corrected chi connectivity index (χ0v) is 6.87. The summed E-state index contributed by atoms with van der Waals surface area (Å²) in [6.07, 6.45) is -2.59. The molecule has 0 aromatic heterocycles. The minimum absolute atomic E-state index is 0.693. The van der Waals surface area contributed by atoms with Crippen LogP contribution in [-0.4, -0.2) is 12.5 Å². The molecule has 13 heavy (non-hydrogen) atoms. The molecule has 0 aliphatic rings. The Balaban J connectivity index is 2.68. The van der Waals surface area contributed by atoms with Crippen LogP contribution in [0.5, 0.6) is 0 Å². The van der Waals surface area contributed by atoms with E-state index in [1.165, 1.54) is 0 Å². The molecule has 3 heteroatoms. The maximum absolute atomic E-state index is 11.9. The lowest BCUT2D eigenvalue weighted by Gasteiger charge is -1.99. The average molecular weight is 181 g/mol. The molecule has 0 spiro atoms. The molecule has 1 atom stereocenters. The number of hydrogen-bond acceptors (Lipinski definition) is 1. The highest BCUT2D eigenvalue weighted by Gasteiger charge is 2.10. The molecule has 1 rings (SSSR count). The average Bonchev–Trinajstić information content (AvgIpc) is 2.15. The van der Waals surface area contributed by atoms with E-state index < -0.39 is 12.5 Å². The van der Waals surface area contributed by atoms with Crippen LogP contribution in [0.1, 0.15) is 5.56 Å². The van der Waals surface area contributed by atoms with Crippen molar-refractivity contribution in [3.8, 4) is 11.8 Å². The van der Waals surface area contributed by atoms with Gasteiger partial charge in [0, 0.05) is 5.56 Å². The van der Waals surface area contributed by atoms with Crippen molar-refractivity contribution in [2.45, 2.75) is 12.5 Å². The number of hydrogen-bond donors (Lipinski definition) is 1. The van der Waals surface area contributed by atoms with Gasteiger partial charge in [-0.2, -0.15) is 0 Å². The van der Waals surface area contributed by atoms with Crippen LogP contribution in [0, 0.1) is 11.8 Å². The van der Waals surface area contributed by atoms with Gasteiger partial charge in [-0.3, -0.25) is 0 Å². The molecule has 0 fully saturated rings. The maximum Gasteiger partial charge on any atom is 0.264 e. The van der Waals surface area contributed by atoms with Gasteiger partial charge in [-0.05, 0) is 12.1 Å². The van der Waals surface area contributed by atoms with Gasteiger partial charge in [-0.15, -0.1) is 0 Å². The lowest BCUT2D eigenvalue weighted by atomic mass is 10.2. The Morgan fingerprint density at radius 1 is 1.15 bits per heavy atom. The molecule has 0 saturated heterocycles. The summed E-state index contributed by atoms with van der Waals surface area (Å²) in [6, 6.07) is 7.53. The Morgan fingerprint density at radius 2 is 1.77 bits per heavy atom. The Morgan fingerprint density at radius 3 is 2.31 bits per heavy atom. The number of nitrogens with two attached hydrogens (primary N) is 1. The fourth-order valence-corrected chi connectivity index (χ4v) is 0.751. The molecule has 0 heterocycles. The van der Waals surface area contributed by atoms with Crippen LogP contribution in [0.2, 0.25) is 0 Å². The van der Waals surface area contributed by atoms with Gasteiger partial charge in [0.05, 0.1) is 0 Å². The summed E-state index contributed by atoms with van der Waals surface area (Å²) in [7, 11) is 0. The second-order valence-corrected chi connectivity index (χ2v) is 2.50. The van der Waals surface area contributed by atoms with Crippen LogP contribution in [-0.2, 0) is 0 Å².